The first-order chi connectivity index (χ1) is 9.28. The molecule has 2 aliphatic heterocycles. The Morgan fingerprint density at radius 1 is 1.21 bits per heavy atom. The number of likely N-dealkylation sites (tertiary alicyclic amines) is 1. The van der Waals surface area contributed by atoms with E-state index in [2.05, 4.69) is 34.9 Å². The van der Waals surface area contributed by atoms with Crippen molar-refractivity contribution in [3.63, 3.8) is 0 Å². The zero-order valence-corrected chi connectivity index (χ0v) is 11.8. The number of nitrogens with zero attached hydrogens (tertiary/aromatic N) is 2. The molecule has 0 radical (unpaired) electrons. The fraction of sp³-hybridized carbons (Fsp3) is 0.625. The maximum Gasteiger partial charge on any atom is 0.0702 e. The molecule has 19 heavy (non-hydrogen) atoms. The first-order valence-corrected chi connectivity index (χ1v) is 7.47. The molecule has 2 heterocycles. The fourth-order valence-electron chi connectivity index (χ4n) is 3.51. The lowest BCUT2D eigenvalue weighted by atomic mass is 10.1. The summed E-state index contributed by atoms with van der Waals surface area (Å²) in [6.45, 7) is 7.02. The smallest absolute Gasteiger partial charge is 0.0702 e. The van der Waals surface area contributed by atoms with Gasteiger partial charge >= 0.3 is 0 Å². The van der Waals surface area contributed by atoms with E-state index >= 15 is 0 Å². The van der Waals surface area contributed by atoms with Crippen molar-refractivity contribution >= 4 is 5.69 Å². The summed E-state index contributed by atoms with van der Waals surface area (Å²) >= 11 is 0. The van der Waals surface area contributed by atoms with Crippen molar-refractivity contribution in [1.82, 2.24) is 4.90 Å². The van der Waals surface area contributed by atoms with E-state index < -0.39 is 0 Å². The Morgan fingerprint density at radius 3 is 2.74 bits per heavy atom. The van der Waals surface area contributed by atoms with Gasteiger partial charge in [-0.05, 0) is 45.3 Å². The number of hydrogen-bond acceptors (Lipinski definition) is 3. The third-order valence-electron chi connectivity index (χ3n) is 4.57. The lowest BCUT2D eigenvalue weighted by Gasteiger charge is -2.25. The Bertz CT molecular complexity index is 440. The topological polar surface area (TPSA) is 26.7 Å². The van der Waals surface area contributed by atoms with Crippen molar-refractivity contribution in [3.05, 3.63) is 29.3 Å². The average molecular weight is 260 g/mol. The predicted molar refractivity (Wildman–Crippen MR) is 78.5 cm³/mol. The molecule has 0 saturated carbocycles. The van der Waals surface area contributed by atoms with Gasteiger partial charge < -0.3 is 10.0 Å². The number of aryl methyl sites for hydroxylation is 1. The van der Waals surface area contributed by atoms with E-state index in [4.69, 9.17) is 0 Å². The summed E-state index contributed by atoms with van der Waals surface area (Å²) in [7, 11) is 0. The zero-order valence-electron chi connectivity index (χ0n) is 11.8. The van der Waals surface area contributed by atoms with Crippen LogP contribution in [-0.4, -0.2) is 42.2 Å². The van der Waals surface area contributed by atoms with Crippen LogP contribution >= 0.6 is 0 Å². The molecule has 0 bridgehead atoms. The molecular formula is C16H24N2O. The SMILES string of the molecule is Cc1ccc(N2CCC(N3CCCC3)C2)c(CO)c1. The summed E-state index contributed by atoms with van der Waals surface area (Å²) in [6, 6.07) is 7.15. The van der Waals surface area contributed by atoms with Crippen molar-refractivity contribution < 1.29 is 5.11 Å². The predicted octanol–water partition coefficient (Wildman–Crippen LogP) is 2.16. The Morgan fingerprint density at radius 2 is 2.00 bits per heavy atom. The summed E-state index contributed by atoms with van der Waals surface area (Å²) in [5.41, 5.74) is 3.53. The number of aliphatic hydroxyl groups excluding tert-OH is 1. The van der Waals surface area contributed by atoms with Crippen molar-refractivity contribution in [2.24, 2.45) is 0 Å². The molecule has 1 atom stereocenters. The van der Waals surface area contributed by atoms with Gasteiger partial charge in [-0.15, -0.1) is 0 Å². The van der Waals surface area contributed by atoms with Gasteiger partial charge in [0.25, 0.3) is 0 Å². The van der Waals surface area contributed by atoms with Gasteiger partial charge in [-0.25, -0.2) is 0 Å². The molecule has 0 spiro atoms. The monoisotopic (exact) mass is 260 g/mol. The first-order valence-electron chi connectivity index (χ1n) is 7.47. The molecule has 1 aromatic rings. The van der Waals surface area contributed by atoms with Gasteiger partial charge in [-0.2, -0.15) is 0 Å². The summed E-state index contributed by atoms with van der Waals surface area (Å²) in [5, 5.41) is 9.54. The van der Waals surface area contributed by atoms with Crippen LogP contribution in [0.15, 0.2) is 18.2 Å². The van der Waals surface area contributed by atoms with Crippen LogP contribution in [0.4, 0.5) is 5.69 Å². The second-order valence-electron chi connectivity index (χ2n) is 5.92. The third-order valence-corrected chi connectivity index (χ3v) is 4.57. The second-order valence-corrected chi connectivity index (χ2v) is 5.92. The van der Waals surface area contributed by atoms with E-state index in [1.165, 1.54) is 43.6 Å². The molecule has 104 valence electrons. The molecule has 3 heteroatoms. The lowest BCUT2D eigenvalue weighted by Crippen LogP contribution is -2.35. The van der Waals surface area contributed by atoms with Crippen molar-refractivity contribution in [3.8, 4) is 0 Å². The van der Waals surface area contributed by atoms with Gasteiger partial charge in [-0.3, -0.25) is 4.90 Å². The summed E-state index contributed by atoms with van der Waals surface area (Å²) in [4.78, 5) is 5.10. The van der Waals surface area contributed by atoms with Gasteiger partial charge in [0.15, 0.2) is 0 Å². The maximum absolute atomic E-state index is 9.54. The summed E-state index contributed by atoms with van der Waals surface area (Å²) in [5.74, 6) is 0. The first kappa shape index (κ1) is 12.9. The standard InChI is InChI=1S/C16H24N2O/c1-13-4-5-16(14(10-13)12-19)18-9-6-15(11-18)17-7-2-3-8-17/h4-5,10,15,19H,2-3,6-9,11-12H2,1H3. The number of hydrogen-bond donors (Lipinski definition) is 1. The lowest BCUT2D eigenvalue weighted by molar-refractivity contribution is 0.260. The van der Waals surface area contributed by atoms with Crippen LogP contribution in [0.2, 0.25) is 0 Å². The minimum Gasteiger partial charge on any atom is -0.392 e. The highest BCUT2D eigenvalue weighted by Crippen LogP contribution is 2.28. The van der Waals surface area contributed by atoms with Crippen LogP contribution < -0.4 is 4.90 Å². The Labute approximate surface area is 115 Å². The van der Waals surface area contributed by atoms with Crippen LogP contribution in [0.5, 0.6) is 0 Å². The largest absolute Gasteiger partial charge is 0.392 e. The number of benzene rings is 1. The molecule has 1 aromatic carbocycles. The number of anilines is 1. The molecule has 0 amide bonds. The van der Waals surface area contributed by atoms with E-state index in [0.717, 1.165) is 24.7 Å². The Hall–Kier alpha value is -1.06. The molecule has 2 aliphatic rings. The van der Waals surface area contributed by atoms with Crippen molar-refractivity contribution in [1.29, 1.82) is 0 Å². The Kier molecular flexibility index (Phi) is 3.76. The van der Waals surface area contributed by atoms with Gasteiger partial charge in [0.05, 0.1) is 6.61 Å². The third kappa shape index (κ3) is 2.63. The highest BCUT2D eigenvalue weighted by molar-refractivity contribution is 5.55. The van der Waals surface area contributed by atoms with Gasteiger partial charge in [0.1, 0.15) is 0 Å². The van der Waals surface area contributed by atoms with Gasteiger partial charge in [-0.1, -0.05) is 17.7 Å². The highest BCUT2D eigenvalue weighted by atomic mass is 16.3. The maximum atomic E-state index is 9.54. The number of rotatable bonds is 3. The number of aliphatic hydroxyl groups is 1. The molecule has 3 nitrogen and oxygen atoms in total. The molecule has 2 saturated heterocycles. The van der Waals surface area contributed by atoms with E-state index in [1.807, 2.05) is 0 Å². The van der Waals surface area contributed by atoms with Crippen LogP contribution in [0.1, 0.15) is 30.4 Å². The van der Waals surface area contributed by atoms with E-state index in [9.17, 15) is 5.11 Å². The van der Waals surface area contributed by atoms with Crippen LogP contribution in [0.25, 0.3) is 0 Å². The van der Waals surface area contributed by atoms with Crippen molar-refractivity contribution in [2.45, 2.75) is 38.8 Å². The van der Waals surface area contributed by atoms with Gasteiger partial charge in [0.2, 0.25) is 0 Å². The van der Waals surface area contributed by atoms with Crippen LogP contribution in [-0.2, 0) is 6.61 Å². The molecule has 0 aromatic heterocycles. The quantitative estimate of drug-likeness (QED) is 0.902. The molecule has 0 aliphatic carbocycles. The normalized spacial score (nSPS) is 24.3. The van der Waals surface area contributed by atoms with Crippen molar-refractivity contribution in [2.75, 3.05) is 31.1 Å². The minimum absolute atomic E-state index is 0.141. The van der Waals surface area contributed by atoms with E-state index in [-0.39, 0.29) is 6.61 Å². The molecule has 1 N–H and O–H groups in total. The highest BCUT2D eigenvalue weighted by Gasteiger charge is 2.29. The van der Waals surface area contributed by atoms with E-state index in [0.29, 0.717) is 0 Å². The average Bonchev–Trinajstić information content (AvgIpc) is 3.09. The molecule has 3 rings (SSSR count). The minimum atomic E-state index is 0.141. The second kappa shape index (κ2) is 5.51. The summed E-state index contributed by atoms with van der Waals surface area (Å²) in [6.07, 6.45) is 3.99. The Balaban J connectivity index is 1.73. The van der Waals surface area contributed by atoms with Crippen LogP contribution in [0.3, 0.4) is 0 Å². The molecule has 1 unspecified atom stereocenters. The van der Waals surface area contributed by atoms with Gasteiger partial charge in [0, 0.05) is 30.4 Å². The summed E-state index contributed by atoms with van der Waals surface area (Å²) < 4.78 is 0. The molecule has 2 fully saturated rings. The van der Waals surface area contributed by atoms with E-state index in [1.54, 1.807) is 0 Å². The van der Waals surface area contributed by atoms with Crippen LogP contribution in [0, 0.1) is 6.92 Å². The zero-order chi connectivity index (χ0) is 13.2. The molecular weight excluding hydrogens is 236 g/mol. The fourth-order valence-corrected chi connectivity index (χ4v) is 3.51.